The van der Waals surface area contributed by atoms with Gasteiger partial charge in [-0.2, -0.15) is 0 Å². The fraction of sp³-hybridized carbons (Fsp3) is 0.294. The number of hydrogen-bond acceptors (Lipinski definition) is 2. The summed E-state index contributed by atoms with van der Waals surface area (Å²) in [5.41, 5.74) is 9.71. The first-order chi connectivity index (χ1) is 9.34. The van der Waals surface area contributed by atoms with Crippen molar-refractivity contribution in [2.75, 3.05) is 0 Å². The average molecular weight is 248 g/mol. The number of aryl methyl sites for hydroxylation is 1. The minimum atomic E-state index is 0.284. The Morgan fingerprint density at radius 1 is 0.737 bits per heavy atom. The van der Waals surface area contributed by atoms with Crippen molar-refractivity contribution in [3.63, 3.8) is 0 Å². The highest BCUT2D eigenvalue weighted by molar-refractivity contribution is 5.85. The van der Waals surface area contributed by atoms with Crippen molar-refractivity contribution in [1.82, 2.24) is 0 Å². The molecule has 0 aromatic heterocycles. The lowest BCUT2D eigenvalue weighted by Gasteiger charge is -2.26. The lowest BCUT2D eigenvalue weighted by Crippen LogP contribution is -2.10. The molecule has 0 radical (unpaired) electrons. The Labute approximate surface area is 111 Å². The van der Waals surface area contributed by atoms with Gasteiger partial charge in [0.05, 0.1) is 0 Å². The molecule has 0 spiro atoms. The Bertz CT molecular complexity index is 763. The summed E-state index contributed by atoms with van der Waals surface area (Å²) >= 11 is 0. The molecule has 19 heavy (non-hydrogen) atoms. The van der Waals surface area contributed by atoms with Crippen LogP contribution in [0.25, 0.3) is 11.1 Å². The fourth-order valence-electron chi connectivity index (χ4n) is 4.13. The zero-order chi connectivity index (χ0) is 12.3. The van der Waals surface area contributed by atoms with Crippen LogP contribution in [0.2, 0.25) is 0 Å². The summed E-state index contributed by atoms with van der Waals surface area (Å²) in [6.07, 6.45) is 1.14. The summed E-state index contributed by atoms with van der Waals surface area (Å²) in [5, 5.41) is 0. The molecule has 2 fully saturated rings. The van der Waals surface area contributed by atoms with E-state index in [0.717, 1.165) is 0 Å². The molecule has 0 unspecified atom stereocenters. The summed E-state index contributed by atoms with van der Waals surface area (Å²) in [6.45, 7) is 2.20. The van der Waals surface area contributed by atoms with Crippen molar-refractivity contribution in [3.8, 4) is 11.1 Å². The molecular formula is C17H12O2. The van der Waals surface area contributed by atoms with Crippen molar-refractivity contribution < 1.29 is 9.47 Å². The fourth-order valence-corrected chi connectivity index (χ4v) is 4.13. The first kappa shape index (κ1) is 9.29. The van der Waals surface area contributed by atoms with E-state index in [9.17, 15) is 0 Å². The summed E-state index contributed by atoms with van der Waals surface area (Å²) in [4.78, 5) is 0. The summed E-state index contributed by atoms with van der Waals surface area (Å²) in [5.74, 6) is 0. The molecule has 0 bridgehead atoms. The molecule has 2 saturated heterocycles. The van der Waals surface area contributed by atoms with Gasteiger partial charge in [0, 0.05) is 0 Å². The van der Waals surface area contributed by atoms with Gasteiger partial charge in [-0.15, -0.1) is 0 Å². The molecule has 2 heterocycles. The first-order valence-corrected chi connectivity index (χ1v) is 6.92. The Morgan fingerprint density at radius 3 is 2.16 bits per heavy atom. The second kappa shape index (κ2) is 2.62. The van der Waals surface area contributed by atoms with Crippen molar-refractivity contribution in [3.05, 3.63) is 58.1 Å². The number of epoxide rings is 2. The van der Waals surface area contributed by atoms with Gasteiger partial charge in [0.15, 0.2) is 0 Å². The minimum absolute atomic E-state index is 0.284. The van der Waals surface area contributed by atoms with Gasteiger partial charge in [0.1, 0.15) is 24.4 Å². The van der Waals surface area contributed by atoms with Crippen molar-refractivity contribution in [2.45, 2.75) is 31.3 Å². The molecule has 2 aromatic carbocycles. The molecule has 2 aliphatic carbocycles. The first-order valence-electron chi connectivity index (χ1n) is 6.92. The molecule has 0 amide bonds. The van der Waals surface area contributed by atoms with E-state index in [4.69, 9.17) is 9.47 Å². The smallest absolute Gasteiger partial charge is 0.115 e. The molecule has 92 valence electrons. The topological polar surface area (TPSA) is 25.1 Å². The molecule has 4 atom stereocenters. The van der Waals surface area contributed by atoms with Crippen LogP contribution in [-0.2, 0) is 9.47 Å². The van der Waals surface area contributed by atoms with E-state index in [0.29, 0.717) is 0 Å². The normalized spacial score (nSPS) is 34.2. The minimum Gasteiger partial charge on any atom is -0.359 e. The molecule has 0 saturated carbocycles. The lowest BCUT2D eigenvalue weighted by molar-refractivity contribution is 0.375. The van der Waals surface area contributed by atoms with Crippen LogP contribution < -0.4 is 0 Å². The predicted molar refractivity (Wildman–Crippen MR) is 69.7 cm³/mol. The second-order valence-electron chi connectivity index (χ2n) is 6.03. The highest BCUT2D eigenvalue weighted by atomic mass is 16.6. The third-order valence-electron chi connectivity index (χ3n) is 5.06. The Balaban J connectivity index is 1.86. The van der Waals surface area contributed by atoms with Crippen LogP contribution in [0.5, 0.6) is 0 Å². The SMILES string of the molecule is Cc1ccc2c3c1[C@H]1O[C@H]1c1cccc(c1-3)[C@@H]1O[C@H]21. The molecule has 0 N–H and O–H groups in total. The number of rotatable bonds is 0. The van der Waals surface area contributed by atoms with E-state index in [1.807, 2.05) is 0 Å². The highest BCUT2D eigenvalue weighted by Gasteiger charge is 2.56. The Hall–Kier alpha value is -1.64. The number of hydrogen-bond donors (Lipinski definition) is 0. The molecule has 6 rings (SSSR count). The van der Waals surface area contributed by atoms with Crippen LogP contribution in [-0.4, -0.2) is 0 Å². The van der Waals surface area contributed by atoms with Crippen LogP contribution in [0.3, 0.4) is 0 Å². The number of benzene rings is 2. The third-order valence-corrected chi connectivity index (χ3v) is 5.06. The van der Waals surface area contributed by atoms with Gasteiger partial charge in [-0.05, 0) is 45.9 Å². The maximum Gasteiger partial charge on any atom is 0.115 e. The molecule has 2 aromatic rings. The van der Waals surface area contributed by atoms with Gasteiger partial charge in [-0.3, -0.25) is 0 Å². The zero-order valence-electron chi connectivity index (χ0n) is 10.5. The van der Waals surface area contributed by atoms with Crippen molar-refractivity contribution >= 4 is 0 Å². The van der Waals surface area contributed by atoms with E-state index in [-0.39, 0.29) is 24.4 Å². The van der Waals surface area contributed by atoms with Crippen LogP contribution >= 0.6 is 0 Å². The summed E-state index contributed by atoms with van der Waals surface area (Å²) in [6, 6.07) is 11.1. The highest BCUT2D eigenvalue weighted by Crippen LogP contribution is 2.68. The second-order valence-corrected chi connectivity index (χ2v) is 6.03. The van der Waals surface area contributed by atoms with Gasteiger partial charge in [0.2, 0.25) is 0 Å². The number of fused-ring (bicyclic) bond motifs is 6. The lowest BCUT2D eigenvalue weighted by atomic mass is 9.74. The monoisotopic (exact) mass is 248 g/mol. The standard InChI is InChI=1S/C17H12O2/c1-7-5-6-10-13-11(7)17-16(19-17)9-4-2-3-8(12(9)13)14-15(10)18-14/h2-6,14-17H,1H3/t14-,15+,16-,17+/m0/s1. The maximum atomic E-state index is 5.96. The molecule has 4 aliphatic rings. The quantitative estimate of drug-likeness (QED) is 0.660. The summed E-state index contributed by atoms with van der Waals surface area (Å²) in [7, 11) is 0. The predicted octanol–water partition coefficient (Wildman–Crippen LogP) is 3.91. The van der Waals surface area contributed by atoms with Gasteiger partial charge in [-0.1, -0.05) is 30.3 Å². The molecule has 2 heteroatoms. The van der Waals surface area contributed by atoms with Crippen LogP contribution in [0.15, 0.2) is 30.3 Å². The van der Waals surface area contributed by atoms with E-state index in [1.165, 1.54) is 38.9 Å². The number of ether oxygens (including phenoxy) is 2. The van der Waals surface area contributed by atoms with Gasteiger partial charge >= 0.3 is 0 Å². The molecule has 2 nitrogen and oxygen atoms in total. The van der Waals surface area contributed by atoms with Gasteiger partial charge in [0.25, 0.3) is 0 Å². The average Bonchev–Trinajstić information content (AvgIpc) is 3.31. The van der Waals surface area contributed by atoms with E-state index < -0.39 is 0 Å². The largest absolute Gasteiger partial charge is 0.359 e. The Kier molecular flexibility index (Phi) is 1.28. The third kappa shape index (κ3) is 0.896. The van der Waals surface area contributed by atoms with E-state index in [2.05, 4.69) is 37.3 Å². The summed E-state index contributed by atoms with van der Waals surface area (Å²) < 4.78 is 11.9. The van der Waals surface area contributed by atoms with Crippen LogP contribution in [0.1, 0.15) is 52.2 Å². The Morgan fingerprint density at radius 2 is 1.37 bits per heavy atom. The molecular weight excluding hydrogens is 236 g/mol. The van der Waals surface area contributed by atoms with Crippen LogP contribution in [0, 0.1) is 6.92 Å². The maximum absolute atomic E-state index is 5.96. The molecule has 2 aliphatic heterocycles. The van der Waals surface area contributed by atoms with Crippen molar-refractivity contribution in [1.29, 1.82) is 0 Å². The van der Waals surface area contributed by atoms with Crippen LogP contribution in [0.4, 0.5) is 0 Å². The van der Waals surface area contributed by atoms with Crippen molar-refractivity contribution in [2.24, 2.45) is 0 Å². The zero-order valence-corrected chi connectivity index (χ0v) is 10.5. The van der Waals surface area contributed by atoms with E-state index in [1.54, 1.807) is 0 Å². The van der Waals surface area contributed by atoms with Gasteiger partial charge in [-0.25, -0.2) is 0 Å². The van der Waals surface area contributed by atoms with E-state index >= 15 is 0 Å². The van der Waals surface area contributed by atoms with Gasteiger partial charge < -0.3 is 9.47 Å².